The topological polar surface area (TPSA) is 121 Å². The summed E-state index contributed by atoms with van der Waals surface area (Å²) in [5, 5.41) is 28.9. The van der Waals surface area contributed by atoms with Gasteiger partial charge in [-0.25, -0.2) is 0 Å². The Kier molecular flexibility index (Phi) is 9.01. The molecule has 0 aromatic rings. The van der Waals surface area contributed by atoms with Crippen LogP contribution < -0.4 is 0 Å². The summed E-state index contributed by atoms with van der Waals surface area (Å²) >= 11 is 0. The van der Waals surface area contributed by atoms with E-state index in [0.29, 0.717) is 19.3 Å². The van der Waals surface area contributed by atoms with Gasteiger partial charge >= 0.3 is 11.9 Å². The molecule has 0 heterocycles. The lowest BCUT2D eigenvalue weighted by molar-refractivity contribution is -0.160. The molecule has 2 aliphatic rings. The molecule has 7 nitrogen and oxygen atoms in total. The van der Waals surface area contributed by atoms with E-state index in [9.17, 15) is 24.6 Å². The fraction of sp³-hybridized carbons (Fsp3) is 0.708. The van der Waals surface area contributed by atoms with Gasteiger partial charge in [0.15, 0.2) is 0 Å². The Labute approximate surface area is 184 Å². The van der Waals surface area contributed by atoms with Gasteiger partial charge in [-0.3, -0.25) is 14.4 Å². The van der Waals surface area contributed by atoms with Crippen molar-refractivity contribution >= 4 is 17.7 Å². The van der Waals surface area contributed by atoms with Crippen LogP contribution in [0.15, 0.2) is 23.8 Å². The van der Waals surface area contributed by atoms with E-state index < -0.39 is 30.1 Å². The normalized spacial score (nSPS) is 30.5. The van der Waals surface area contributed by atoms with Gasteiger partial charge in [0.2, 0.25) is 0 Å². The summed E-state index contributed by atoms with van der Waals surface area (Å²) in [7, 11) is 0. The molecule has 0 amide bonds. The quantitative estimate of drug-likeness (QED) is 0.356. The van der Waals surface area contributed by atoms with E-state index >= 15 is 0 Å². The van der Waals surface area contributed by atoms with E-state index in [1.54, 1.807) is 6.92 Å². The highest BCUT2D eigenvalue weighted by atomic mass is 16.5. The van der Waals surface area contributed by atoms with Gasteiger partial charge in [0.25, 0.3) is 0 Å². The number of fused-ring (bicyclic) bond motifs is 1. The first kappa shape index (κ1) is 25.3. The standard InChI is InChI=1S/C24H36O7/c1-13-9-17-6-5-14(2)20(8-7-18(26)11-19(27)12-22(28)29)23(17)21(10-13)31-24(30)15(3)16(4)25/h5-6,9,13-15,18-21,23,26-27H,7-8,10-12H2,1-4H3,(H,28,29)/t13-,14-,15-,18+,19+,20-,21-,23-/m0/s1. The van der Waals surface area contributed by atoms with Crippen LogP contribution in [0.5, 0.6) is 0 Å². The summed E-state index contributed by atoms with van der Waals surface area (Å²) in [5.74, 6) is -2.05. The summed E-state index contributed by atoms with van der Waals surface area (Å²) < 4.78 is 5.85. The van der Waals surface area contributed by atoms with Crippen LogP contribution in [-0.2, 0) is 19.1 Å². The predicted octanol–water partition coefficient (Wildman–Crippen LogP) is 2.89. The van der Waals surface area contributed by atoms with Crippen molar-refractivity contribution in [3.8, 4) is 0 Å². The minimum absolute atomic E-state index is 0.0160. The molecule has 7 heteroatoms. The molecule has 0 aromatic heterocycles. The molecule has 174 valence electrons. The van der Waals surface area contributed by atoms with E-state index in [1.165, 1.54) is 6.92 Å². The first-order valence-corrected chi connectivity index (χ1v) is 11.2. The number of aliphatic hydroxyl groups excluding tert-OH is 2. The van der Waals surface area contributed by atoms with Crippen molar-refractivity contribution in [2.45, 2.75) is 78.1 Å². The SMILES string of the molecule is CC(=O)[C@H](C)C(=O)O[C@H]1C[C@@H](C)C=C2C=C[C@H](C)[C@H](CC[C@@H](O)C[C@@H](O)CC(=O)O)[C@H]21. The average Bonchev–Trinajstić information content (AvgIpc) is 2.65. The molecule has 2 rings (SSSR count). The van der Waals surface area contributed by atoms with Crippen LogP contribution in [0, 0.1) is 29.6 Å². The van der Waals surface area contributed by atoms with Crippen LogP contribution in [0.25, 0.3) is 0 Å². The number of carbonyl (C=O) groups excluding carboxylic acids is 2. The van der Waals surface area contributed by atoms with E-state index in [0.717, 1.165) is 5.57 Å². The monoisotopic (exact) mass is 436 g/mol. The van der Waals surface area contributed by atoms with Gasteiger partial charge in [0.1, 0.15) is 17.8 Å². The molecular weight excluding hydrogens is 400 g/mol. The maximum absolute atomic E-state index is 12.5. The smallest absolute Gasteiger partial charge is 0.316 e. The number of ether oxygens (including phenoxy) is 1. The molecule has 0 bridgehead atoms. The van der Waals surface area contributed by atoms with Gasteiger partial charge < -0.3 is 20.1 Å². The summed E-state index contributed by atoms with van der Waals surface area (Å²) in [4.78, 5) is 34.8. The largest absolute Gasteiger partial charge is 0.481 e. The molecule has 3 N–H and O–H groups in total. The minimum Gasteiger partial charge on any atom is -0.481 e. The van der Waals surface area contributed by atoms with Crippen molar-refractivity contribution < 1.29 is 34.4 Å². The Hall–Kier alpha value is -1.99. The first-order valence-electron chi connectivity index (χ1n) is 11.2. The average molecular weight is 437 g/mol. The molecular formula is C24H36O7. The van der Waals surface area contributed by atoms with Gasteiger partial charge in [0, 0.05) is 5.92 Å². The molecule has 0 radical (unpaired) electrons. The van der Waals surface area contributed by atoms with E-state index in [2.05, 4.69) is 32.1 Å². The van der Waals surface area contributed by atoms with Crippen LogP contribution in [0.2, 0.25) is 0 Å². The lowest BCUT2D eigenvalue weighted by Crippen LogP contribution is -2.42. The van der Waals surface area contributed by atoms with Gasteiger partial charge in [-0.15, -0.1) is 0 Å². The number of carboxylic acid groups (broad SMARTS) is 1. The van der Waals surface area contributed by atoms with Crippen LogP contribution in [0.4, 0.5) is 0 Å². The van der Waals surface area contributed by atoms with Crippen LogP contribution in [0.3, 0.4) is 0 Å². The van der Waals surface area contributed by atoms with Crippen LogP contribution in [0.1, 0.15) is 59.8 Å². The van der Waals surface area contributed by atoms with Gasteiger partial charge in [-0.05, 0) is 62.9 Å². The summed E-state index contributed by atoms with van der Waals surface area (Å²) in [6.45, 7) is 7.12. The molecule has 0 saturated carbocycles. The highest BCUT2D eigenvalue weighted by Crippen LogP contribution is 2.45. The van der Waals surface area contributed by atoms with Crippen molar-refractivity contribution in [1.82, 2.24) is 0 Å². The zero-order chi connectivity index (χ0) is 23.3. The Bertz CT molecular complexity index is 725. The molecule has 0 aliphatic heterocycles. The lowest BCUT2D eigenvalue weighted by Gasteiger charge is -2.43. The Balaban J connectivity index is 2.11. The molecule has 31 heavy (non-hydrogen) atoms. The number of rotatable bonds is 10. The molecule has 0 aromatic carbocycles. The van der Waals surface area contributed by atoms with Crippen LogP contribution in [-0.4, -0.2) is 51.4 Å². The number of carbonyl (C=O) groups is 3. The number of carboxylic acids is 1. The van der Waals surface area contributed by atoms with E-state index in [-0.39, 0.29) is 48.4 Å². The highest BCUT2D eigenvalue weighted by Gasteiger charge is 2.42. The lowest BCUT2D eigenvalue weighted by atomic mass is 9.65. The molecule has 0 fully saturated rings. The summed E-state index contributed by atoms with van der Waals surface area (Å²) in [6, 6.07) is 0. The zero-order valence-electron chi connectivity index (χ0n) is 18.9. The second kappa shape index (κ2) is 11.0. The van der Waals surface area contributed by atoms with Crippen molar-refractivity contribution in [3.05, 3.63) is 23.8 Å². The second-order valence-electron chi connectivity index (χ2n) is 9.31. The van der Waals surface area contributed by atoms with Crippen molar-refractivity contribution in [2.24, 2.45) is 29.6 Å². The zero-order valence-corrected chi connectivity index (χ0v) is 18.9. The number of aliphatic hydroxyl groups is 2. The summed E-state index contributed by atoms with van der Waals surface area (Å²) in [6.07, 6.45) is 5.58. The number of hydrogen-bond donors (Lipinski definition) is 3. The molecule has 0 spiro atoms. The van der Waals surface area contributed by atoms with Crippen LogP contribution >= 0.6 is 0 Å². The maximum atomic E-state index is 12.5. The van der Waals surface area contributed by atoms with Gasteiger partial charge in [-0.1, -0.05) is 32.1 Å². The summed E-state index contributed by atoms with van der Waals surface area (Å²) in [5.41, 5.74) is 1.12. The van der Waals surface area contributed by atoms with E-state index in [4.69, 9.17) is 9.84 Å². The third-order valence-corrected chi connectivity index (χ3v) is 6.61. The third kappa shape index (κ3) is 7.01. The predicted molar refractivity (Wildman–Crippen MR) is 115 cm³/mol. The van der Waals surface area contributed by atoms with Crippen molar-refractivity contribution in [2.75, 3.05) is 0 Å². The molecule has 0 unspecified atom stereocenters. The Morgan fingerprint density at radius 2 is 1.87 bits per heavy atom. The van der Waals surface area contributed by atoms with Crippen molar-refractivity contribution in [1.29, 1.82) is 0 Å². The second-order valence-corrected chi connectivity index (χ2v) is 9.31. The Morgan fingerprint density at radius 3 is 2.48 bits per heavy atom. The maximum Gasteiger partial charge on any atom is 0.316 e. The number of esters is 1. The Morgan fingerprint density at radius 1 is 1.19 bits per heavy atom. The molecule has 8 atom stereocenters. The third-order valence-electron chi connectivity index (χ3n) is 6.61. The molecule has 0 saturated heterocycles. The first-order chi connectivity index (χ1) is 14.5. The van der Waals surface area contributed by atoms with Crippen molar-refractivity contribution in [3.63, 3.8) is 0 Å². The fourth-order valence-corrected chi connectivity index (χ4v) is 4.74. The number of allylic oxidation sites excluding steroid dienone is 3. The molecule has 2 aliphatic carbocycles. The minimum atomic E-state index is -1.10. The van der Waals surface area contributed by atoms with Gasteiger partial charge in [-0.2, -0.15) is 0 Å². The van der Waals surface area contributed by atoms with E-state index in [1.807, 2.05) is 0 Å². The number of hydrogen-bond acceptors (Lipinski definition) is 6. The van der Waals surface area contributed by atoms with Gasteiger partial charge in [0.05, 0.1) is 18.6 Å². The number of Topliss-reactive ketones (excluding diaryl/α,β-unsaturated/α-hetero) is 1. The number of ketones is 1. The number of aliphatic carboxylic acids is 1. The highest BCUT2D eigenvalue weighted by molar-refractivity contribution is 5.97. The fourth-order valence-electron chi connectivity index (χ4n) is 4.74.